The fourth-order valence-corrected chi connectivity index (χ4v) is 2.85. The summed E-state index contributed by atoms with van der Waals surface area (Å²) in [5.74, 6) is 0. The van der Waals surface area contributed by atoms with Crippen molar-refractivity contribution in [1.29, 1.82) is 0 Å². The van der Waals surface area contributed by atoms with Crippen molar-refractivity contribution in [2.75, 3.05) is 26.2 Å². The normalized spacial score (nSPS) is 16.3. The number of carbonyl (C=O) groups excluding carboxylic acids is 1. The summed E-state index contributed by atoms with van der Waals surface area (Å²) in [4.78, 5) is 16.5. The number of amides is 1. The summed E-state index contributed by atoms with van der Waals surface area (Å²) in [5, 5.41) is 0. The SMILES string of the molecule is C/C=C\C=C(/CC)N1CCCN(C(=O)OCc2ccccc2)CC1. The van der Waals surface area contributed by atoms with Gasteiger partial charge in [0.05, 0.1) is 0 Å². The van der Waals surface area contributed by atoms with Crippen molar-refractivity contribution >= 4 is 6.09 Å². The lowest BCUT2D eigenvalue weighted by Gasteiger charge is -2.25. The summed E-state index contributed by atoms with van der Waals surface area (Å²) < 4.78 is 5.45. The monoisotopic (exact) mass is 328 g/mol. The molecule has 1 aromatic rings. The molecule has 24 heavy (non-hydrogen) atoms. The van der Waals surface area contributed by atoms with Gasteiger partial charge >= 0.3 is 6.09 Å². The molecule has 0 spiro atoms. The van der Waals surface area contributed by atoms with Crippen LogP contribution in [0.4, 0.5) is 4.79 Å². The zero-order valence-electron chi connectivity index (χ0n) is 14.8. The quantitative estimate of drug-likeness (QED) is 0.759. The number of hydrogen-bond acceptors (Lipinski definition) is 3. The largest absolute Gasteiger partial charge is 0.445 e. The van der Waals surface area contributed by atoms with E-state index in [2.05, 4.69) is 24.0 Å². The second-order valence-corrected chi connectivity index (χ2v) is 5.91. The molecule has 0 bridgehead atoms. The van der Waals surface area contributed by atoms with Gasteiger partial charge in [0, 0.05) is 31.9 Å². The summed E-state index contributed by atoms with van der Waals surface area (Å²) in [6.45, 7) is 7.84. The highest BCUT2D eigenvalue weighted by Gasteiger charge is 2.20. The maximum atomic E-state index is 12.3. The smallest absolute Gasteiger partial charge is 0.410 e. The third-order valence-corrected chi connectivity index (χ3v) is 4.21. The third-order valence-electron chi connectivity index (χ3n) is 4.21. The van der Waals surface area contributed by atoms with Crippen molar-refractivity contribution in [3.8, 4) is 0 Å². The molecule has 1 aromatic carbocycles. The molecule has 1 aliphatic heterocycles. The molecule has 0 atom stereocenters. The van der Waals surface area contributed by atoms with Crippen LogP contribution in [-0.2, 0) is 11.3 Å². The molecule has 4 nitrogen and oxygen atoms in total. The Morgan fingerprint density at radius 2 is 1.83 bits per heavy atom. The minimum Gasteiger partial charge on any atom is -0.445 e. The van der Waals surface area contributed by atoms with Crippen LogP contribution in [0.5, 0.6) is 0 Å². The first-order valence-electron chi connectivity index (χ1n) is 8.77. The molecule has 0 saturated carbocycles. The third kappa shape index (κ3) is 5.44. The number of carbonyl (C=O) groups is 1. The first-order chi connectivity index (χ1) is 11.7. The van der Waals surface area contributed by atoms with Crippen LogP contribution >= 0.6 is 0 Å². The van der Waals surface area contributed by atoms with Crippen molar-refractivity contribution in [3.05, 3.63) is 59.8 Å². The zero-order chi connectivity index (χ0) is 17.2. The van der Waals surface area contributed by atoms with Gasteiger partial charge < -0.3 is 14.5 Å². The molecule has 2 rings (SSSR count). The summed E-state index contributed by atoms with van der Waals surface area (Å²) in [5.41, 5.74) is 2.34. The molecule has 1 heterocycles. The first-order valence-corrected chi connectivity index (χ1v) is 8.77. The van der Waals surface area contributed by atoms with E-state index in [1.807, 2.05) is 48.2 Å². The molecule has 1 amide bonds. The second-order valence-electron chi connectivity index (χ2n) is 5.91. The summed E-state index contributed by atoms with van der Waals surface area (Å²) in [6, 6.07) is 9.81. The van der Waals surface area contributed by atoms with E-state index in [-0.39, 0.29) is 6.09 Å². The van der Waals surface area contributed by atoms with Gasteiger partial charge in [0.15, 0.2) is 0 Å². The number of hydrogen-bond donors (Lipinski definition) is 0. The van der Waals surface area contributed by atoms with Gasteiger partial charge in [-0.15, -0.1) is 0 Å². The number of nitrogens with zero attached hydrogens (tertiary/aromatic N) is 2. The van der Waals surface area contributed by atoms with E-state index >= 15 is 0 Å². The Hall–Kier alpha value is -2.23. The summed E-state index contributed by atoms with van der Waals surface area (Å²) in [6.07, 6.45) is 8.05. The molecule has 130 valence electrons. The Bertz CT molecular complexity index is 566. The minimum atomic E-state index is -0.212. The lowest BCUT2D eigenvalue weighted by Crippen LogP contribution is -2.35. The fraction of sp³-hybridized carbons (Fsp3) is 0.450. The van der Waals surface area contributed by atoms with E-state index < -0.39 is 0 Å². The molecule has 0 radical (unpaired) electrons. The average Bonchev–Trinajstić information content (AvgIpc) is 2.88. The molecule has 1 aliphatic rings. The summed E-state index contributed by atoms with van der Waals surface area (Å²) >= 11 is 0. The van der Waals surface area contributed by atoms with Crippen LogP contribution in [0.25, 0.3) is 0 Å². The van der Waals surface area contributed by atoms with E-state index in [0.717, 1.165) is 38.0 Å². The van der Waals surface area contributed by atoms with Crippen molar-refractivity contribution in [1.82, 2.24) is 9.80 Å². The maximum absolute atomic E-state index is 12.3. The number of ether oxygens (including phenoxy) is 1. The lowest BCUT2D eigenvalue weighted by atomic mass is 10.2. The Morgan fingerprint density at radius 1 is 1.12 bits per heavy atom. The Labute approximate surface area is 145 Å². The van der Waals surface area contributed by atoms with Crippen LogP contribution in [0.1, 0.15) is 32.3 Å². The minimum absolute atomic E-state index is 0.212. The Kier molecular flexibility index (Phi) is 7.40. The van der Waals surface area contributed by atoms with Gasteiger partial charge in [0.1, 0.15) is 6.61 Å². The molecule has 0 N–H and O–H groups in total. The Balaban J connectivity index is 1.86. The Morgan fingerprint density at radius 3 is 2.54 bits per heavy atom. The first kappa shape index (κ1) is 18.1. The highest BCUT2D eigenvalue weighted by Crippen LogP contribution is 2.14. The fourth-order valence-electron chi connectivity index (χ4n) is 2.85. The van der Waals surface area contributed by atoms with Crippen LogP contribution < -0.4 is 0 Å². The van der Waals surface area contributed by atoms with Gasteiger partial charge in [0.2, 0.25) is 0 Å². The van der Waals surface area contributed by atoms with Gasteiger partial charge in [-0.1, -0.05) is 49.4 Å². The van der Waals surface area contributed by atoms with Gasteiger partial charge in [-0.05, 0) is 31.4 Å². The van der Waals surface area contributed by atoms with E-state index in [4.69, 9.17) is 4.74 Å². The van der Waals surface area contributed by atoms with Gasteiger partial charge in [0.25, 0.3) is 0 Å². The number of rotatable bonds is 5. The molecule has 0 aliphatic carbocycles. The number of benzene rings is 1. The molecular formula is C20H28N2O2. The van der Waals surface area contributed by atoms with E-state index in [1.54, 1.807) is 0 Å². The van der Waals surface area contributed by atoms with Crippen LogP contribution in [0.2, 0.25) is 0 Å². The van der Waals surface area contributed by atoms with Crippen LogP contribution in [0.15, 0.2) is 54.3 Å². The average molecular weight is 328 g/mol. The van der Waals surface area contributed by atoms with Crippen LogP contribution in [0.3, 0.4) is 0 Å². The molecule has 1 saturated heterocycles. The van der Waals surface area contributed by atoms with Crippen molar-refractivity contribution in [2.45, 2.75) is 33.3 Å². The van der Waals surface area contributed by atoms with Gasteiger partial charge in [-0.25, -0.2) is 4.79 Å². The van der Waals surface area contributed by atoms with Crippen molar-refractivity contribution in [3.63, 3.8) is 0 Å². The van der Waals surface area contributed by atoms with Crippen molar-refractivity contribution in [2.24, 2.45) is 0 Å². The molecular weight excluding hydrogens is 300 g/mol. The van der Waals surface area contributed by atoms with E-state index in [1.165, 1.54) is 5.70 Å². The predicted octanol–water partition coefficient (Wildman–Crippen LogP) is 4.20. The van der Waals surface area contributed by atoms with Crippen LogP contribution in [-0.4, -0.2) is 42.1 Å². The predicted molar refractivity (Wildman–Crippen MR) is 97.6 cm³/mol. The van der Waals surface area contributed by atoms with Crippen LogP contribution in [0, 0.1) is 0 Å². The molecule has 0 unspecified atom stereocenters. The van der Waals surface area contributed by atoms with Gasteiger partial charge in [-0.2, -0.15) is 0 Å². The molecule has 0 aromatic heterocycles. The summed E-state index contributed by atoms with van der Waals surface area (Å²) in [7, 11) is 0. The molecule has 4 heteroatoms. The van der Waals surface area contributed by atoms with E-state index in [0.29, 0.717) is 13.2 Å². The topological polar surface area (TPSA) is 32.8 Å². The standard InChI is InChI=1S/C20H28N2O2/c1-3-5-12-19(4-2)21-13-9-14-22(16-15-21)20(23)24-17-18-10-7-6-8-11-18/h3,5-8,10-12H,4,9,13-17H2,1-2H3/b5-3-,19-12+. The van der Waals surface area contributed by atoms with E-state index in [9.17, 15) is 4.79 Å². The second kappa shape index (κ2) is 9.81. The highest BCUT2D eigenvalue weighted by atomic mass is 16.6. The maximum Gasteiger partial charge on any atom is 0.410 e. The van der Waals surface area contributed by atoms with Crippen molar-refractivity contribution < 1.29 is 9.53 Å². The van der Waals surface area contributed by atoms with Gasteiger partial charge in [-0.3, -0.25) is 0 Å². The zero-order valence-corrected chi connectivity index (χ0v) is 14.8. The highest BCUT2D eigenvalue weighted by molar-refractivity contribution is 5.67. The number of allylic oxidation sites excluding steroid dienone is 4. The lowest BCUT2D eigenvalue weighted by molar-refractivity contribution is 0.0976. The molecule has 1 fully saturated rings.